The lowest BCUT2D eigenvalue weighted by Crippen LogP contribution is -1.98. The van der Waals surface area contributed by atoms with Crippen molar-refractivity contribution in [3.63, 3.8) is 0 Å². The average molecular weight is 415 g/mol. The quantitative estimate of drug-likeness (QED) is 0.420. The number of benzene rings is 2. The first kappa shape index (κ1) is 20.7. The van der Waals surface area contributed by atoms with E-state index in [9.17, 15) is 0 Å². The fourth-order valence-corrected chi connectivity index (χ4v) is 2.89. The SMILES string of the molecule is CCCCOc1ccc(/C=C(\Cl)c2nc(-c3ccccc3OC)no2)cc1OC. The Morgan fingerprint density at radius 2 is 1.86 bits per heavy atom. The van der Waals surface area contributed by atoms with E-state index in [-0.39, 0.29) is 5.89 Å². The molecule has 0 atom stereocenters. The molecule has 0 fully saturated rings. The van der Waals surface area contributed by atoms with E-state index in [0.29, 0.717) is 34.7 Å². The van der Waals surface area contributed by atoms with Gasteiger partial charge in [-0.05, 0) is 42.3 Å². The van der Waals surface area contributed by atoms with Crippen molar-refractivity contribution in [2.24, 2.45) is 0 Å². The normalized spacial score (nSPS) is 11.4. The Morgan fingerprint density at radius 3 is 2.62 bits per heavy atom. The molecular weight excluding hydrogens is 392 g/mol. The molecule has 0 bridgehead atoms. The van der Waals surface area contributed by atoms with Gasteiger partial charge in [0.05, 0.1) is 26.4 Å². The van der Waals surface area contributed by atoms with Gasteiger partial charge >= 0.3 is 0 Å². The molecule has 0 aliphatic rings. The summed E-state index contributed by atoms with van der Waals surface area (Å²) in [6.45, 7) is 2.77. The van der Waals surface area contributed by atoms with Gasteiger partial charge in [-0.2, -0.15) is 4.98 Å². The summed E-state index contributed by atoms with van der Waals surface area (Å²) in [6.07, 6.45) is 3.79. The van der Waals surface area contributed by atoms with Crippen LogP contribution in [0, 0.1) is 0 Å². The van der Waals surface area contributed by atoms with E-state index in [4.69, 9.17) is 30.3 Å². The first-order valence-corrected chi connectivity index (χ1v) is 9.69. The van der Waals surface area contributed by atoms with Gasteiger partial charge in [0.15, 0.2) is 11.5 Å². The third-order valence-electron chi connectivity index (χ3n) is 4.21. The Labute approximate surface area is 175 Å². The van der Waals surface area contributed by atoms with Crippen LogP contribution >= 0.6 is 11.6 Å². The van der Waals surface area contributed by atoms with Crippen molar-refractivity contribution in [1.82, 2.24) is 10.1 Å². The van der Waals surface area contributed by atoms with Crippen LogP contribution in [0.15, 0.2) is 47.0 Å². The summed E-state index contributed by atoms with van der Waals surface area (Å²) in [5.41, 5.74) is 1.55. The minimum atomic E-state index is 0.217. The third-order valence-corrected chi connectivity index (χ3v) is 4.49. The van der Waals surface area contributed by atoms with Crippen LogP contribution in [0.4, 0.5) is 0 Å². The number of hydrogen-bond acceptors (Lipinski definition) is 6. The average Bonchev–Trinajstić information content (AvgIpc) is 3.25. The minimum Gasteiger partial charge on any atom is -0.496 e. The molecule has 1 aromatic heterocycles. The summed E-state index contributed by atoms with van der Waals surface area (Å²) in [5.74, 6) is 2.62. The van der Waals surface area contributed by atoms with Crippen molar-refractivity contribution in [2.45, 2.75) is 19.8 Å². The molecule has 0 N–H and O–H groups in total. The maximum absolute atomic E-state index is 6.41. The summed E-state index contributed by atoms with van der Waals surface area (Å²) in [5, 5.41) is 4.33. The van der Waals surface area contributed by atoms with E-state index in [1.807, 2.05) is 42.5 Å². The van der Waals surface area contributed by atoms with Gasteiger partial charge < -0.3 is 18.7 Å². The standard InChI is InChI=1S/C22H23ClN2O4/c1-4-5-12-28-19-11-10-15(14-20(19)27-3)13-17(23)22-24-21(25-29-22)16-8-6-7-9-18(16)26-2/h6-11,13-14H,4-5,12H2,1-3H3/b17-13-. The highest BCUT2D eigenvalue weighted by atomic mass is 35.5. The monoisotopic (exact) mass is 414 g/mol. The van der Waals surface area contributed by atoms with Crippen molar-refractivity contribution in [3.05, 3.63) is 53.9 Å². The van der Waals surface area contributed by atoms with E-state index in [0.717, 1.165) is 24.0 Å². The van der Waals surface area contributed by atoms with Crippen molar-refractivity contribution in [3.8, 4) is 28.6 Å². The number of hydrogen-bond donors (Lipinski definition) is 0. The van der Waals surface area contributed by atoms with E-state index in [2.05, 4.69) is 17.1 Å². The molecule has 0 spiro atoms. The van der Waals surface area contributed by atoms with Crippen molar-refractivity contribution < 1.29 is 18.7 Å². The van der Waals surface area contributed by atoms with E-state index in [1.54, 1.807) is 20.3 Å². The number of nitrogens with zero attached hydrogens (tertiary/aromatic N) is 2. The van der Waals surface area contributed by atoms with Crippen molar-refractivity contribution in [1.29, 1.82) is 0 Å². The van der Waals surface area contributed by atoms with E-state index in [1.165, 1.54) is 0 Å². The predicted molar refractivity (Wildman–Crippen MR) is 113 cm³/mol. The first-order valence-electron chi connectivity index (χ1n) is 9.31. The maximum atomic E-state index is 6.41. The lowest BCUT2D eigenvalue weighted by molar-refractivity contribution is 0.288. The van der Waals surface area contributed by atoms with Crippen LogP contribution < -0.4 is 14.2 Å². The number of ether oxygens (including phenoxy) is 3. The second kappa shape index (κ2) is 9.98. The molecule has 2 aromatic carbocycles. The second-order valence-electron chi connectivity index (χ2n) is 6.23. The molecule has 0 amide bonds. The van der Waals surface area contributed by atoms with E-state index < -0.39 is 0 Å². The number of unbranched alkanes of at least 4 members (excludes halogenated alkanes) is 1. The lowest BCUT2D eigenvalue weighted by atomic mass is 10.2. The van der Waals surface area contributed by atoms with Crippen LogP contribution in [0.1, 0.15) is 31.2 Å². The van der Waals surface area contributed by atoms with Gasteiger partial charge in [0.25, 0.3) is 5.89 Å². The molecule has 0 unspecified atom stereocenters. The summed E-state index contributed by atoms with van der Waals surface area (Å²) in [6, 6.07) is 13.0. The zero-order valence-corrected chi connectivity index (χ0v) is 17.4. The molecule has 0 saturated heterocycles. The number of methoxy groups -OCH3 is 2. The topological polar surface area (TPSA) is 66.6 Å². The van der Waals surface area contributed by atoms with Gasteiger partial charge in [-0.3, -0.25) is 0 Å². The Bertz CT molecular complexity index is 984. The predicted octanol–water partition coefficient (Wildman–Crippen LogP) is 5.67. The molecule has 3 aromatic rings. The molecule has 0 aliphatic carbocycles. The molecule has 6 nitrogen and oxygen atoms in total. The van der Waals surface area contributed by atoms with Crippen LogP contribution in [-0.4, -0.2) is 31.0 Å². The Balaban J connectivity index is 1.82. The largest absolute Gasteiger partial charge is 0.496 e. The second-order valence-corrected chi connectivity index (χ2v) is 6.64. The van der Waals surface area contributed by atoms with Gasteiger partial charge in [0.1, 0.15) is 10.8 Å². The number of para-hydroxylation sites is 1. The molecule has 3 rings (SSSR count). The van der Waals surface area contributed by atoms with Crippen LogP contribution in [0.3, 0.4) is 0 Å². The van der Waals surface area contributed by atoms with Gasteiger partial charge in [0.2, 0.25) is 5.82 Å². The summed E-state index contributed by atoms with van der Waals surface area (Å²) in [7, 11) is 3.20. The molecular formula is C22H23ClN2O4. The molecule has 29 heavy (non-hydrogen) atoms. The Morgan fingerprint density at radius 1 is 1.07 bits per heavy atom. The van der Waals surface area contributed by atoms with Gasteiger partial charge in [-0.1, -0.05) is 48.3 Å². The van der Waals surface area contributed by atoms with Crippen molar-refractivity contribution in [2.75, 3.05) is 20.8 Å². The van der Waals surface area contributed by atoms with Crippen molar-refractivity contribution >= 4 is 22.7 Å². The molecule has 7 heteroatoms. The third kappa shape index (κ3) is 5.09. The van der Waals surface area contributed by atoms with Gasteiger partial charge in [-0.25, -0.2) is 0 Å². The first-order chi connectivity index (χ1) is 14.2. The summed E-state index contributed by atoms with van der Waals surface area (Å²) >= 11 is 6.41. The highest BCUT2D eigenvalue weighted by Gasteiger charge is 2.15. The zero-order valence-electron chi connectivity index (χ0n) is 16.6. The zero-order chi connectivity index (χ0) is 20.6. The summed E-state index contributed by atoms with van der Waals surface area (Å²) < 4.78 is 21.9. The molecule has 152 valence electrons. The molecule has 0 aliphatic heterocycles. The fraction of sp³-hybridized carbons (Fsp3) is 0.273. The number of aromatic nitrogens is 2. The molecule has 1 heterocycles. The van der Waals surface area contributed by atoms with Crippen LogP contribution in [0.5, 0.6) is 17.2 Å². The Kier molecular flexibility index (Phi) is 7.14. The van der Waals surface area contributed by atoms with Gasteiger partial charge in [0, 0.05) is 0 Å². The van der Waals surface area contributed by atoms with E-state index >= 15 is 0 Å². The summed E-state index contributed by atoms with van der Waals surface area (Å²) in [4.78, 5) is 4.38. The molecule has 0 saturated carbocycles. The van der Waals surface area contributed by atoms with Crippen LogP contribution in [0.2, 0.25) is 0 Å². The van der Waals surface area contributed by atoms with Crippen LogP contribution in [-0.2, 0) is 0 Å². The number of halogens is 1. The highest BCUT2D eigenvalue weighted by Crippen LogP contribution is 2.32. The number of rotatable bonds is 9. The maximum Gasteiger partial charge on any atom is 0.269 e. The van der Waals surface area contributed by atoms with Gasteiger partial charge in [-0.15, -0.1) is 0 Å². The lowest BCUT2D eigenvalue weighted by Gasteiger charge is -2.11. The minimum absolute atomic E-state index is 0.217. The fourth-order valence-electron chi connectivity index (χ4n) is 2.69. The smallest absolute Gasteiger partial charge is 0.269 e. The molecule has 0 radical (unpaired) electrons. The van der Waals surface area contributed by atoms with Crippen LogP contribution in [0.25, 0.3) is 22.5 Å². The highest BCUT2D eigenvalue weighted by molar-refractivity contribution is 6.50. The Hall–Kier alpha value is -2.99.